The molecule has 0 spiro atoms. The van der Waals surface area contributed by atoms with Gasteiger partial charge in [0.25, 0.3) is 11.8 Å². The highest BCUT2D eigenvalue weighted by Gasteiger charge is 2.25. The van der Waals surface area contributed by atoms with Crippen molar-refractivity contribution in [2.45, 2.75) is 51.8 Å². The number of carbonyl (C=O) groups is 3. The number of hydrogen-bond donors (Lipinski definition) is 4. The second-order valence-electron chi connectivity index (χ2n) is 11.7. The number of anilines is 1. The highest BCUT2D eigenvalue weighted by molar-refractivity contribution is 6.01. The number of aliphatic hydroxyl groups is 1. The summed E-state index contributed by atoms with van der Waals surface area (Å²) < 4.78 is 33.7. The molecular weight excluding hydrogens is 636 g/mol. The molecule has 11 nitrogen and oxygen atoms in total. The lowest BCUT2D eigenvalue weighted by molar-refractivity contribution is 0.0755. The lowest BCUT2D eigenvalue weighted by Crippen LogP contribution is -2.48. The second kappa shape index (κ2) is 17.3. The van der Waals surface area contributed by atoms with Gasteiger partial charge in [0.15, 0.2) is 0 Å². The van der Waals surface area contributed by atoms with Crippen LogP contribution in [0.3, 0.4) is 0 Å². The number of aromatic nitrogens is 1. The topological polar surface area (TPSA) is 148 Å². The summed E-state index contributed by atoms with van der Waals surface area (Å²) in [5, 5.41) is 26.5. The predicted molar refractivity (Wildman–Crippen MR) is 180 cm³/mol. The molecule has 0 aliphatic rings. The number of rotatable bonds is 16. The van der Waals surface area contributed by atoms with Crippen molar-refractivity contribution in [1.82, 2.24) is 20.5 Å². The molecule has 3 aromatic carbocycles. The highest BCUT2D eigenvalue weighted by atomic mass is 19.1. The molecule has 4 aromatic rings. The molecule has 4 rings (SSSR count). The van der Waals surface area contributed by atoms with Crippen molar-refractivity contribution in [2.75, 3.05) is 31.6 Å². The largest absolute Gasteiger partial charge is 0.465 e. The molecule has 0 radical (unpaired) electrons. The van der Waals surface area contributed by atoms with Gasteiger partial charge in [0.2, 0.25) is 5.89 Å². The molecule has 1 heterocycles. The van der Waals surface area contributed by atoms with Crippen LogP contribution in [0.2, 0.25) is 0 Å². The Balaban J connectivity index is 1.59. The van der Waals surface area contributed by atoms with Gasteiger partial charge in [-0.15, -0.1) is 0 Å². The van der Waals surface area contributed by atoms with Crippen LogP contribution < -0.4 is 15.5 Å². The summed E-state index contributed by atoms with van der Waals surface area (Å²) in [7, 11) is 1.42. The smallest absolute Gasteiger partial charge is 0.411 e. The van der Waals surface area contributed by atoms with E-state index < -0.39 is 35.8 Å². The number of amides is 3. The van der Waals surface area contributed by atoms with Crippen molar-refractivity contribution < 1.29 is 37.8 Å². The van der Waals surface area contributed by atoms with Gasteiger partial charge >= 0.3 is 6.09 Å². The summed E-state index contributed by atoms with van der Waals surface area (Å²) in [5.74, 6) is -2.30. The quantitative estimate of drug-likeness (QED) is 0.122. The zero-order valence-electron chi connectivity index (χ0n) is 27.7. The molecular formula is C36H41F2N5O6. The fraction of sp³-hybridized carbons (Fsp3) is 0.333. The molecule has 1 aromatic heterocycles. The van der Waals surface area contributed by atoms with Crippen molar-refractivity contribution in [3.63, 3.8) is 0 Å². The van der Waals surface area contributed by atoms with Crippen LogP contribution in [0.1, 0.15) is 58.5 Å². The number of hydrogen-bond acceptors (Lipinski definition) is 7. The highest BCUT2D eigenvalue weighted by Crippen LogP contribution is 2.23. The van der Waals surface area contributed by atoms with E-state index in [9.17, 15) is 33.4 Å². The minimum absolute atomic E-state index is 0.0369. The Hall–Kier alpha value is -5.14. The molecule has 0 saturated heterocycles. The molecule has 49 heavy (non-hydrogen) atoms. The first-order chi connectivity index (χ1) is 23.5. The number of aliphatic hydroxyl groups excluding tert-OH is 1. The van der Waals surface area contributed by atoms with Gasteiger partial charge in [0, 0.05) is 61.7 Å². The molecule has 0 bridgehead atoms. The van der Waals surface area contributed by atoms with Gasteiger partial charge in [-0.05, 0) is 72.9 Å². The van der Waals surface area contributed by atoms with E-state index in [1.54, 1.807) is 35.2 Å². The summed E-state index contributed by atoms with van der Waals surface area (Å²) in [5.41, 5.74) is 2.17. The Morgan fingerprint density at radius 1 is 0.939 bits per heavy atom. The second-order valence-corrected chi connectivity index (χ2v) is 11.7. The van der Waals surface area contributed by atoms with Crippen LogP contribution in [0, 0.1) is 11.6 Å². The third kappa shape index (κ3) is 10.2. The average molecular weight is 678 g/mol. The number of halogens is 2. The lowest BCUT2D eigenvalue weighted by Gasteiger charge is -2.26. The first-order valence-corrected chi connectivity index (χ1v) is 16.0. The summed E-state index contributed by atoms with van der Waals surface area (Å²) in [6.45, 7) is 5.22. The number of nitrogens with zero attached hydrogens (tertiary/aromatic N) is 3. The average Bonchev–Trinajstić information content (AvgIpc) is 3.62. The number of nitrogens with one attached hydrogen (secondary N) is 2. The Labute approximate surface area is 283 Å². The molecule has 260 valence electrons. The molecule has 3 amide bonds. The maximum Gasteiger partial charge on any atom is 0.411 e. The van der Waals surface area contributed by atoms with Gasteiger partial charge in [-0.2, -0.15) is 0 Å². The molecule has 13 heteroatoms. The minimum atomic E-state index is -1.24. The van der Waals surface area contributed by atoms with Crippen molar-refractivity contribution >= 4 is 23.6 Å². The Morgan fingerprint density at radius 2 is 1.63 bits per heavy atom. The zero-order chi connectivity index (χ0) is 35.5. The zero-order valence-corrected chi connectivity index (χ0v) is 27.7. The number of oxazole rings is 1. The first kappa shape index (κ1) is 36.7. The van der Waals surface area contributed by atoms with Crippen molar-refractivity contribution in [3.8, 4) is 11.5 Å². The molecule has 2 atom stereocenters. The van der Waals surface area contributed by atoms with Crippen LogP contribution >= 0.6 is 0 Å². The predicted octanol–water partition coefficient (Wildman–Crippen LogP) is 5.49. The standard InChI is InChI=1S/C36H41F2N5O6/c1-4-10-43(11-5-2)35(46)27-18-25(17-26(19-27)34-40-9-12-49-34)33(45)41-31(16-24-13-28(37)20-29(38)14-24)32(44)22-39-21-23-7-6-8-30(15-23)42(3)36(47)48/h6-9,12-15,17-20,31-32,39,44H,4-5,10-11,16,21-22H2,1-3H3,(H,41,45)(H,47,48)/t31-,32+/m0/s1. The van der Waals surface area contributed by atoms with E-state index in [4.69, 9.17) is 4.42 Å². The third-order valence-corrected chi connectivity index (χ3v) is 7.82. The van der Waals surface area contributed by atoms with Gasteiger partial charge < -0.3 is 30.2 Å². The van der Waals surface area contributed by atoms with Crippen LogP contribution in [-0.2, 0) is 13.0 Å². The van der Waals surface area contributed by atoms with Gasteiger partial charge in [-0.3, -0.25) is 14.5 Å². The third-order valence-electron chi connectivity index (χ3n) is 7.82. The summed E-state index contributed by atoms with van der Waals surface area (Å²) in [4.78, 5) is 45.7. The number of benzene rings is 3. The number of carbonyl (C=O) groups excluding carboxylic acids is 2. The van der Waals surface area contributed by atoms with E-state index in [-0.39, 0.29) is 48.0 Å². The van der Waals surface area contributed by atoms with E-state index in [2.05, 4.69) is 15.6 Å². The summed E-state index contributed by atoms with van der Waals surface area (Å²) in [6, 6.07) is 13.4. The maximum absolute atomic E-state index is 14.1. The van der Waals surface area contributed by atoms with Crippen LogP contribution in [-0.4, -0.2) is 76.8 Å². The van der Waals surface area contributed by atoms with E-state index in [0.717, 1.165) is 41.5 Å². The molecule has 4 N–H and O–H groups in total. The molecule has 0 fully saturated rings. The van der Waals surface area contributed by atoms with E-state index in [0.29, 0.717) is 24.3 Å². The van der Waals surface area contributed by atoms with E-state index in [1.165, 1.54) is 31.6 Å². The summed E-state index contributed by atoms with van der Waals surface area (Å²) in [6.07, 6.45) is 1.85. The monoisotopic (exact) mass is 677 g/mol. The first-order valence-electron chi connectivity index (χ1n) is 16.0. The lowest BCUT2D eigenvalue weighted by atomic mass is 9.99. The Kier molecular flexibility index (Phi) is 13.0. The molecule has 0 saturated carbocycles. The Morgan fingerprint density at radius 3 is 2.27 bits per heavy atom. The summed E-state index contributed by atoms with van der Waals surface area (Å²) >= 11 is 0. The SMILES string of the molecule is CCCN(CCC)C(=O)c1cc(C(=O)N[C@@H](Cc2cc(F)cc(F)c2)[C@H](O)CNCc2cccc(N(C)C(=O)O)c2)cc(-c2ncco2)c1. The van der Waals surface area contributed by atoms with Crippen LogP contribution in [0.25, 0.3) is 11.5 Å². The van der Waals surface area contributed by atoms with Gasteiger partial charge in [0.05, 0.1) is 18.3 Å². The van der Waals surface area contributed by atoms with E-state index >= 15 is 0 Å². The van der Waals surface area contributed by atoms with Crippen molar-refractivity contribution in [3.05, 3.63) is 107 Å². The minimum Gasteiger partial charge on any atom is -0.465 e. The fourth-order valence-corrected chi connectivity index (χ4v) is 5.42. The van der Waals surface area contributed by atoms with Crippen LogP contribution in [0.4, 0.5) is 19.3 Å². The maximum atomic E-state index is 14.1. The van der Waals surface area contributed by atoms with Crippen LogP contribution in [0.5, 0.6) is 0 Å². The normalized spacial score (nSPS) is 12.3. The Bertz CT molecular complexity index is 1710. The van der Waals surface area contributed by atoms with Gasteiger partial charge in [0.1, 0.15) is 17.9 Å². The molecule has 0 unspecified atom stereocenters. The van der Waals surface area contributed by atoms with Gasteiger partial charge in [-0.25, -0.2) is 18.6 Å². The van der Waals surface area contributed by atoms with Crippen LogP contribution in [0.15, 0.2) is 77.5 Å². The molecule has 0 aliphatic carbocycles. The molecule has 0 aliphatic heterocycles. The van der Waals surface area contributed by atoms with Crippen molar-refractivity contribution in [2.24, 2.45) is 0 Å². The van der Waals surface area contributed by atoms with E-state index in [1.807, 2.05) is 13.8 Å². The number of carboxylic acid groups (broad SMARTS) is 1. The van der Waals surface area contributed by atoms with Gasteiger partial charge in [-0.1, -0.05) is 26.0 Å². The fourth-order valence-electron chi connectivity index (χ4n) is 5.42. The van der Waals surface area contributed by atoms with Crippen molar-refractivity contribution in [1.29, 1.82) is 0 Å².